The molecule has 6 rings (SSSR count). The molecule has 4 aromatic rings. The van der Waals surface area contributed by atoms with Crippen LogP contribution < -0.4 is 31.1 Å². The fourth-order valence-electron chi connectivity index (χ4n) is 15.6. The fourth-order valence-corrected chi connectivity index (χ4v) is 20.1. The minimum Gasteiger partial charge on any atom is -0.481 e. The Balaban J connectivity index is 0.000000454. The summed E-state index contributed by atoms with van der Waals surface area (Å²) in [5.41, 5.74) is 2.79. The number of esters is 8. The van der Waals surface area contributed by atoms with Gasteiger partial charge in [-0.15, -0.1) is 0 Å². The van der Waals surface area contributed by atoms with E-state index in [1.807, 2.05) is 90.0 Å². The highest BCUT2D eigenvalue weighted by Crippen LogP contribution is 2.52. The predicted octanol–water partition coefficient (Wildman–Crippen LogP) is 9.23. The number of hydrogen-bond donors (Lipinski definition) is 8. The van der Waals surface area contributed by atoms with Crippen molar-refractivity contribution in [2.24, 2.45) is 10.8 Å². The van der Waals surface area contributed by atoms with Gasteiger partial charge in [-0.1, -0.05) is 77.6 Å². The minimum atomic E-state index is -3.80. The zero-order chi connectivity index (χ0) is 95.9. The Morgan fingerprint density at radius 1 is 0.438 bits per heavy atom. The van der Waals surface area contributed by atoms with E-state index >= 15 is 0 Å². The monoisotopic (exact) mass is 1830 g/mol. The lowest BCUT2D eigenvalue weighted by molar-refractivity contribution is -0.200. The van der Waals surface area contributed by atoms with Crippen LogP contribution in [0.15, 0.2) is 120 Å². The third kappa shape index (κ3) is 31.5. The van der Waals surface area contributed by atoms with Gasteiger partial charge in [-0.05, 0) is 147 Å². The number of aliphatic hydroxyl groups is 4. The molecular weight excluding hydrogens is 1710 g/mol. The molecule has 0 fully saturated rings. The third-order valence-corrected chi connectivity index (χ3v) is 25.7. The SMILES string of the molecule is C=C(O)O[C@@H]([C@H](OC(C)=O)[C@@H](COC(C)=O)OC(C)=O)[C@@H](OC(C)=O)C(=O)NCCCCC(=O)Nc1cccc(C2c3cc(N(C)C)ccc3S(=O)(=O)C[C@@](CC)(CCCC)[C@@H]2O)c1.C=C(O)O[C@@H]([C@H](OC(C)=O)[C@@H](COC(C)=O)OC(C)=O)[C@@H](OC(C)=O)C(=O)NCCCCC(=O)Nc1cccc([C@H]2c3cc(N(C)C)ccc3S(=O)(=O)C[C@](CC)(CCCC)[C@H]2O)c1. The molecule has 2 aliphatic rings. The molecule has 2 aliphatic heterocycles. The van der Waals surface area contributed by atoms with Crippen molar-refractivity contribution < 1.29 is 142 Å². The lowest BCUT2D eigenvalue weighted by atomic mass is 9.69. The Kier molecular flexibility index (Phi) is 41.7. The topological polar surface area (TPSA) is 501 Å². The molecule has 0 saturated carbocycles. The quantitative estimate of drug-likeness (QED) is 0.00883. The van der Waals surface area contributed by atoms with Gasteiger partial charge in [0.1, 0.15) is 13.2 Å². The molecule has 128 heavy (non-hydrogen) atoms. The Hall–Kier alpha value is -11.4. The number of anilines is 4. The first-order valence-electron chi connectivity index (χ1n) is 42.3. The summed E-state index contributed by atoms with van der Waals surface area (Å²) < 4.78 is 108. The molecule has 4 aromatic carbocycles. The number of nitrogens with zero attached hydrogens (tertiary/aromatic N) is 2. The number of ether oxygens (including phenoxy) is 10. The van der Waals surface area contributed by atoms with Gasteiger partial charge in [0.2, 0.25) is 24.0 Å². The smallest absolute Gasteiger partial charge is 0.303 e. The number of nitrogens with one attached hydrogen (secondary N) is 4. The van der Waals surface area contributed by atoms with E-state index in [1.54, 1.807) is 60.7 Å². The Morgan fingerprint density at radius 3 is 1.06 bits per heavy atom. The zero-order valence-electron chi connectivity index (χ0n) is 75.7. The van der Waals surface area contributed by atoms with Crippen LogP contribution in [0.2, 0.25) is 0 Å². The van der Waals surface area contributed by atoms with Crippen LogP contribution in [0.5, 0.6) is 0 Å². The molecule has 1 unspecified atom stereocenters. The molecule has 38 heteroatoms. The van der Waals surface area contributed by atoms with Crippen LogP contribution in [0.25, 0.3) is 0 Å². The highest BCUT2D eigenvalue weighted by atomic mass is 32.2. The van der Waals surface area contributed by atoms with E-state index in [0.29, 0.717) is 59.3 Å². The van der Waals surface area contributed by atoms with Crippen molar-refractivity contribution in [2.45, 2.75) is 256 Å². The van der Waals surface area contributed by atoms with Crippen LogP contribution in [-0.2, 0) is 125 Å². The van der Waals surface area contributed by atoms with Crippen LogP contribution in [0, 0.1) is 10.8 Å². The molecule has 8 N–H and O–H groups in total. The minimum absolute atomic E-state index is 0.00751. The second-order valence-corrected chi connectivity index (χ2v) is 36.1. The van der Waals surface area contributed by atoms with Gasteiger partial charge in [0.05, 0.1) is 33.5 Å². The number of carbonyl (C=O) groups excluding carboxylic acids is 12. The average molecular weight is 1840 g/mol. The lowest BCUT2D eigenvalue weighted by Gasteiger charge is -2.39. The number of aliphatic hydroxyl groups excluding tert-OH is 4. The standard InChI is InChI=1S/2C45H63N3O15S/c2*1-10-12-21-45(11-2)26-64(57,58)37-20-19-34(48(8)9)24-35(37)39(43(45)55)32-16-15-17-33(23-32)47-38(54)18-13-14-22-46-44(56)42(63-31(7)53)41(62-30(6)52)40(61-29(5)51)36(60-28(4)50)25-59-27(3)49/h2*15-17,19-20,23-24,36,39-43,52,55H,6,10-14,18,21-22,25-26H2,1-5,7-9H3,(H,46,56)(H,47,54)/t36-,39?,40-,41+,42-,43-,45-;36-,39+,40-,41+,42-,43+,45+/m11/s1. The van der Waals surface area contributed by atoms with Gasteiger partial charge in [0, 0.05) is 155 Å². The molecule has 0 spiro atoms. The number of unbranched alkanes of at least 4 members (excludes halogenated alkanes) is 4. The van der Waals surface area contributed by atoms with Crippen molar-refractivity contribution in [3.8, 4) is 0 Å². The van der Waals surface area contributed by atoms with Gasteiger partial charge < -0.3 is 98.9 Å². The lowest BCUT2D eigenvalue weighted by Crippen LogP contribution is -2.56. The molecule has 4 amide bonds. The number of rotatable bonds is 46. The van der Waals surface area contributed by atoms with Crippen LogP contribution in [0.3, 0.4) is 0 Å². The van der Waals surface area contributed by atoms with E-state index in [9.17, 15) is 94.8 Å². The van der Waals surface area contributed by atoms with Gasteiger partial charge in [0.15, 0.2) is 56.3 Å². The van der Waals surface area contributed by atoms with Crippen LogP contribution >= 0.6 is 0 Å². The van der Waals surface area contributed by atoms with Crippen molar-refractivity contribution in [1.82, 2.24) is 10.6 Å². The number of amides is 4. The highest BCUT2D eigenvalue weighted by molar-refractivity contribution is 7.91. The van der Waals surface area contributed by atoms with E-state index in [2.05, 4.69) is 34.4 Å². The maximum absolute atomic E-state index is 14.0. The molecule has 0 saturated heterocycles. The first-order valence-corrected chi connectivity index (χ1v) is 45.6. The van der Waals surface area contributed by atoms with E-state index in [4.69, 9.17) is 47.4 Å². The average Bonchev–Trinajstić information content (AvgIpc) is 1.59. The number of carbonyl (C=O) groups is 12. The Labute approximate surface area is 748 Å². The van der Waals surface area contributed by atoms with Gasteiger partial charge in [0.25, 0.3) is 23.7 Å². The first-order chi connectivity index (χ1) is 60.1. The van der Waals surface area contributed by atoms with Crippen molar-refractivity contribution in [3.63, 3.8) is 0 Å². The summed E-state index contributed by atoms with van der Waals surface area (Å²) in [6.45, 7) is 21.0. The van der Waals surface area contributed by atoms with Crippen LogP contribution in [-0.4, -0.2) is 236 Å². The summed E-state index contributed by atoms with van der Waals surface area (Å²) >= 11 is 0. The summed E-state index contributed by atoms with van der Waals surface area (Å²) in [4.78, 5) is 154. The third-order valence-electron chi connectivity index (χ3n) is 21.7. The number of benzene rings is 4. The van der Waals surface area contributed by atoms with Gasteiger partial charge >= 0.3 is 47.8 Å². The second kappa shape index (κ2) is 49.8. The summed E-state index contributed by atoms with van der Waals surface area (Å²) in [6.07, 6.45) is -10.5. The molecule has 0 radical (unpaired) electrons. The van der Waals surface area contributed by atoms with Crippen molar-refractivity contribution in [2.75, 3.05) is 86.4 Å². The van der Waals surface area contributed by atoms with Gasteiger partial charge in [-0.2, -0.15) is 0 Å². The molecule has 14 atom stereocenters. The Bertz CT molecular complexity index is 4510. The highest BCUT2D eigenvalue weighted by Gasteiger charge is 2.53. The summed E-state index contributed by atoms with van der Waals surface area (Å²) in [7, 11) is -0.194. The molecule has 36 nitrogen and oxygen atoms in total. The zero-order valence-corrected chi connectivity index (χ0v) is 77.3. The maximum Gasteiger partial charge on any atom is 0.303 e. The fraction of sp³-hybridized carbons (Fsp3) is 0.556. The first kappa shape index (κ1) is 107. The normalized spacial score (nSPS) is 19.5. The Morgan fingerprint density at radius 2 is 0.773 bits per heavy atom. The van der Waals surface area contributed by atoms with Gasteiger partial charge in [-0.25, -0.2) is 16.8 Å². The predicted molar refractivity (Wildman–Crippen MR) is 470 cm³/mol. The van der Waals surface area contributed by atoms with E-state index in [-0.39, 0.29) is 84.7 Å². The van der Waals surface area contributed by atoms with E-state index in [1.165, 1.54) is 0 Å². The summed E-state index contributed by atoms with van der Waals surface area (Å²) in [5.74, 6) is -13.8. The number of sulfone groups is 2. The summed E-state index contributed by atoms with van der Waals surface area (Å²) in [6, 6.07) is 24.3. The molecule has 0 aromatic heterocycles. The molecule has 0 aliphatic carbocycles. The maximum atomic E-state index is 14.0. The van der Waals surface area contributed by atoms with Crippen LogP contribution in [0.1, 0.15) is 207 Å². The van der Waals surface area contributed by atoms with Crippen molar-refractivity contribution in [1.29, 1.82) is 0 Å². The van der Waals surface area contributed by atoms with Crippen molar-refractivity contribution >= 4 is 114 Å². The van der Waals surface area contributed by atoms with Crippen LogP contribution in [0.4, 0.5) is 22.7 Å². The van der Waals surface area contributed by atoms with E-state index < -0.39 is 188 Å². The summed E-state index contributed by atoms with van der Waals surface area (Å²) in [5, 5.41) is 55.6. The molecular formula is C90H126N6O30S2. The largest absolute Gasteiger partial charge is 0.481 e. The number of fused-ring (bicyclic) bond motifs is 2. The van der Waals surface area contributed by atoms with Crippen molar-refractivity contribution in [3.05, 3.63) is 132 Å². The molecule has 0 bridgehead atoms. The molecule has 2 heterocycles. The molecule has 708 valence electrons. The second-order valence-electron chi connectivity index (χ2n) is 32.1. The van der Waals surface area contributed by atoms with E-state index in [0.717, 1.165) is 92.4 Å². The number of hydrogen-bond acceptors (Lipinski definition) is 32. The van der Waals surface area contributed by atoms with Gasteiger partial charge in [-0.3, -0.25) is 57.5 Å².